The van der Waals surface area contributed by atoms with Gasteiger partial charge in [-0.2, -0.15) is 0 Å². The molecule has 2 amide bonds. The summed E-state index contributed by atoms with van der Waals surface area (Å²) in [6, 6.07) is 12.2. The summed E-state index contributed by atoms with van der Waals surface area (Å²) < 4.78 is 39.1. The fourth-order valence-electron chi connectivity index (χ4n) is 3.92. The predicted molar refractivity (Wildman–Crippen MR) is 137 cm³/mol. The van der Waals surface area contributed by atoms with E-state index >= 15 is 0 Å². The van der Waals surface area contributed by atoms with Gasteiger partial charge in [0.1, 0.15) is 11.9 Å². The zero-order valence-electron chi connectivity index (χ0n) is 21.1. The van der Waals surface area contributed by atoms with Gasteiger partial charge in [-0.05, 0) is 63.4 Å². The summed E-state index contributed by atoms with van der Waals surface area (Å²) in [6.07, 6.45) is 1.83. The normalized spacial score (nSPS) is 12.3. The number of aryl methyl sites for hydroxylation is 1. The average molecular weight is 506 g/mol. The zero-order chi connectivity index (χ0) is 26.2. The van der Waals surface area contributed by atoms with Gasteiger partial charge >= 0.3 is 0 Å². The number of hydrogen-bond acceptors (Lipinski definition) is 4. The highest BCUT2D eigenvalue weighted by molar-refractivity contribution is 7.92. The first-order valence-corrected chi connectivity index (χ1v) is 13.7. The molecule has 0 aliphatic carbocycles. The van der Waals surface area contributed by atoms with Crippen LogP contribution in [0, 0.1) is 12.7 Å². The zero-order valence-corrected chi connectivity index (χ0v) is 21.9. The maximum atomic E-state index is 13.4. The van der Waals surface area contributed by atoms with Crippen LogP contribution in [0.25, 0.3) is 0 Å². The summed E-state index contributed by atoms with van der Waals surface area (Å²) in [4.78, 5) is 27.8. The van der Waals surface area contributed by atoms with Crippen molar-refractivity contribution >= 4 is 27.5 Å². The second-order valence-corrected chi connectivity index (χ2v) is 10.9. The molecule has 35 heavy (non-hydrogen) atoms. The lowest BCUT2D eigenvalue weighted by molar-refractivity contribution is -0.141. The van der Waals surface area contributed by atoms with E-state index in [1.54, 1.807) is 4.90 Å². The Labute approximate surface area is 208 Å². The largest absolute Gasteiger partial charge is 0.352 e. The van der Waals surface area contributed by atoms with Gasteiger partial charge in [-0.15, -0.1) is 0 Å². The lowest BCUT2D eigenvalue weighted by Gasteiger charge is -2.31. The van der Waals surface area contributed by atoms with Crippen molar-refractivity contribution in [3.63, 3.8) is 0 Å². The number of anilines is 1. The van der Waals surface area contributed by atoms with Gasteiger partial charge in [0, 0.05) is 25.6 Å². The molecule has 0 fully saturated rings. The highest BCUT2D eigenvalue weighted by Gasteiger charge is 2.29. The first-order valence-electron chi connectivity index (χ1n) is 11.8. The van der Waals surface area contributed by atoms with Crippen molar-refractivity contribution < 1.29 is 22.4 Å². The number of nitrogens with one attached hydrogen (secondary N) is 1. The minimum atomic E-state index is -3.63. The van der Waals surface area contributed by atoms with Crippen LogP contribution in [0.1, 0.15) is 51.2 Å². The second kappa shape index (κ2) is 12.7. The van der Waals surface area contributed by atoms with Crippen LogP contribution in [0.5, 0.6) is 0 Å². The van der Waals surface area contributed by atoms with E-state index in [2.05, 4.69) is 5.32 Å². The third-order valence-electron chi connectivity index (χ3n) is 5.52. The quantitative estimate of drug-likeness (QED) is 0.472. The summed E-state index contributed by atoms with van der Waals surface area (Å²) in [5, 5.41) is 2.90. The molecule has 0 spiro atoms. The number of benzene rings is 2. The Hall–Kier alpha value is -2.94. The minimum Gasteiger partial charge on any atom is -0.352 e. The molecular weight excluding hydrogens is 469 g/mol. The second-order valence-electron chi connectivity index (χ2n) is 9.01. The number of rotatable bonds is 12. The Bertz CT molecular complexity index is 1100. The van der Waals surface area contributed by atoms with Gasteiger partial charge in [-0.25, -0.2) is 12.8 Å². The van der Waals surface area contributed by atoms with Gasteiger partial charge < -0.3 is 10.2 Å². The standard InChI is InChI=1S/C26H36FN3O4S/c1-6-24(26(32)28-19(2)3)29(18-21-10-7-9-20(4)17-21)25(31)11-8-16-30(35(5,33)34)23-14-12-22(27)13-15-23/h7,9-10,12-15,17,19,24H,6,8,11,16,18H2,1-5H3,(H,28,32). The number of halogens is 1. The van der Waals surface area contributed by atoms with Crippen molar-refractivity contribution in [1.82, 2.24) is 10.2 Å². The number of nitrogens with zero attached hydrogens (tertiary/aromatic N) is 2. The van der Waals surface area contributed by atoms with E-state index in [9.17, 15) is 22.4 Å². The van der Waals surface area contributed by atoms with E-state index in [4.69, 9.17) is 0 Å². The van der Waals surface area contributed by atoms with Crippen molar-refractivity contribution in [2.75, 3.05) is 17.1 Å². The molecule has 0 aliphatic heterocycles. The van der Waals surface area contributed by atoms with Crippen molar-refractivity contribution in [2.45, 2.75) is 65.6 Å². The van der Waals surface area contributed by atoms with E-state index < -0.39 is 21.9 Å². The fraction of sp³-hybridized carbons (Fsp3) is 0.462. The smallest absolute Gasteiger partial charge is 0.243 e. The number of carbonyl (C=O) groups excluding carboxylic acids is 2. The Morgan fingerprint density at radius 3 is 2.29 bits per heavy atom. The lowest BCUT2D eigenvalue weighted by atomic mass is 10.1. The van der Waals surface area contributed by atoms with Gasteiger partial charge in [0.25, 0.3) is 0 Å². The molecule has 0 saturated carbocycles. The molecule has 1 N–H and O–H groups in total. The molecule has 1 atom stereocenters. The molecule has 0 heterocycles. The average Bonchev–Trinajstić information content (AvgIpc) is 2.76. The molecule has 0 radical (unpaired) electrons. The first-order chi connectivity index (χ1) is 16.4. The van der Waals surface area contributed by atoms with Gasteiger partial charge in [0.15, 0.2) is 0 Å². The fourth-order valence-corrected chi connectivity index (χ4v) is 4.88. The van der Waals surface area contributed by atoms with Gasteiger partial charge in [-0.3, -0.25) is 13.9 Å². The first kappa shape index (κ1) is 28.3. The Morgan fingerprint density at radius 1 is 1.09 bits per heavy atom. The predicted octanol–water partition coefficient (Wildman–Crippen LogP) is 4.01. The van der Waals surface area contributed by atoms with Crippen molar-refractivity contribution in [3.8, 4) is 0 Å². The molecular formula is C26H36FN3O4S. The molecule has 192 valence electrons. The summed E-state index contributed by atoms with van der Waals surface area (Å²) in [5.74, 6) is -0.910. The Balaban J connectivity index is 2.21. The highest BCUT2D eigenvalue weighted by Crippen LogP contribution is 2.20. The number of amides is 2. The Morgan fingerprint density at radius 2 is 1.74 bits per heavy atom. The molecule has 0 aliphatic rings. The van der Waals surface area contributed by atoms with Crippen LogP contribution < -0.4 is 9.62 Å². The summed E-state index contributed by atoms with van der Waals surface area (Å²) in [5.41, 5.74) is 2.30. The van der Waals surface area contributed by atoms with Crippen LogP contribution >= 0.6 is 0 Å². The molecule has 1 unspecified atom stereocenters. The molecule has 0 saturated heterocycles. The van der Waals surface area contributed by atoms with Crippen LogP contribution in [0.4, 0.5) is 10.1 Å². The third-order valence-corrected chi connectivity index (χ3v) is 6.71. The van der Waals surface area contributed by atoms with E-state index in [0.717, 1.165) is 21.7 Å². The molecule has 9 heteroatoms. The van der Waals surface area contributed by atoms with Crippen molar-refractivity contribution in [2.24, 2.45) is 0 Å². The molecule has 0 bridgehead atoms. The maximum absolute atomic E-state index is 13.4. The number of carbonyl (C=O) groups is 2. The van der Waals surface area contributed by atoms with E-state index in [1.807, 2.05) is 52.0 Å². The maximum Gasteiger partial charge on any atom is 0.243 e. The number of hydrogen-bond donors (Lipinski definition) is 1. The van der Waals surface area contributed by atoms with Crippen LogP contribution in [0.2, 0.25) is 0 Å². The Kier molecular flexibility index (Phi) is 10.2. The van der Waals surface area contributed by atoms with Crippen LogP contribution in [-0.4, -0.2) is 50.0 Å². The third kappa shape index (κ3) is 8.65. The monoisotopic (exact) mass is 505 g/mol. The van der Waals surface area contributed by atoms with Crippen LogP contribution in [0.3, 0.4) is 0 Å². The molecule has 2 aromatic carbocycles. The summed E-state index contributed by atoms with van der Waals surface area (Å²) >= 11 is 0. The van der Waals surface area contributed by atoms with Gasteiger partial charge in [0.05, 0.1) is 11.9 Å². The van der Waals surface area contributed by atoms with Crippen molar-refractivity contribution in [3.05, 3.63) is 65.5 Å². The van der Waals surface area contributed by atoms with E-state index in [-0.39, 0.29) is 43.8 Å². The van der Waals surface area contributed by atoms with E-state index in [0.29, 0.717) is 12.1 Å². The van der Waals surface area contributed by atoms with Crippen LogP contribution in [0.15, 0.2) is 48.5 Å². The summed E-state index contributed by atoms with van der Waals surface area (Å²) in [7, 11) is -3.63. The highest BCUT2D eigenvalue weighted by atomic mass is 32.2. The van der Waals surface area contributed by atoms with Gasteiger partial charge in [-0.1, -0.05) is 36.8 Å². The van der Waals surface area contributed by atoms with Gasteiger partial charge in [0.2, 0.25) is 21.8 Å². The topological polar surface area (TPSA) is 86.8 Å². The minimum absolute atomic E-state index is 0.0590. The molecule has 2 aromatic rings. The SMILES string of the molecule is CCC(C(=O)NC(C)C)N(Cc1cccc(C)c1)C(=O)CCCN(c1ccc(F)cc1)S(C)(=O)=O. The molecule has 0 aromatic heterocycles. The number of sulfonamides is 1. The molecule has 2 rings (SSSR count). The van der Waals surface area contributed by atoms with Crippen LogP contribution in [-0.2, 0) is 26.2 Å². The lowest BCUT2D eigenvalue weighted by Crippen LogP contribution is -2.50. The summed E-state index contributed by atoms with van der Waals surface area (Å²) in [6.45, 7) is 7.90. The molecule has 7 nitrogen and oxygen atoms in total. The van der Waals surface area contributed by atoms with E-state index in [1.165, 1.54) is 24.3 Å². The van der Waals surface area contributed by atoms with Crippen molar-refractivity contribution in [1.29, 1.82) is 0 Å².